The molecular formula is C30H45NO14. The molecule has 15 heteroatoms. The fourth-order valence-corrected chi connectivity index (χ4v) is 6.58. The van der Waals surface area contributed by atoms with Gasteiger partial charge in [-0.15, -0.1) is 6.58 Å². The molecule has 3 fully saturated rings. The molecule has 1 saturated carbocycles. The first-order chi connectivity index (χ1) is 21.3. The Hall–Kier alpha value is -2.44. The van der Waals surface area contributed by atoms with Crippen molar-refractivity contribution in [3.63, 3.8) is 0 Å². The van der Waals surface area contributed by atoms with Crippen molar-refractivity contribution in [3.05, 3.63) is 36.6 Å². The quantitative estimate of drug-likeness (QED) is 0.0603. The standard InChI is InChI=1S/C30H45NO14/c1-2-20-27(45-28-24(35)30(40,41)23(34)22(15-33)44-28)42-16-21(26(38)43-19-6-4-3-5-7-19)29(20,39)9-8-17-12-18(25(36)37)14-31(13-17)10-11-32/h2,8-9,16-20,22-24,27-28,32-35,39-41H,1,3-7,10-15H2,(H,36,37). The summed E-state index contributed by atoms with van der Waals surface area (Å²) in [5, 5.41) is 84.1. The molecule has 10 unspecified atom stereocenters. The van der Waals surface area contributed by atoms with Gasteiger partial charge in [0.05, 0.1) is 38.2 Å². The van der Waals surface area contributed by atoms with Crippen LogP contribution < -0.4 is 10.0 Å². The largest absolute Gasteiger partial charge is 0.550 e. The third kappa shape index (κ3) is 7.76. The van der Waals surface area contributed by atoms with Crippen LogP contribution in [0.1, 0.15) is 38.5 Å². The van der Waals surface area contributed by atoms with Gasteiger partial charge in [-0.1, -0.05) is 24.6 Å². The van der Waals surface area contributed by atoms with Crippen molar-refractivity contribution in [2.45, 2.75) is 86.9 Å². The third-order valence-corrected chi connectivity index (χ3v) is 9.18. The smallest absolute Gasteiger partial charge is 0.340 e. The van der Waals surface area contributed by atoms with Gasteiger partial charge in [0.2, 0.25) is 12.1 Å². The second kappa shape index (κ2) is 15.0. The van der Waals surface area contributed by atoms with Crippen molar-refractivity contribution in [3.8, 4) is 0 Å². The van der Waals surface area contributed by atoms with Gasteiger partial charge in [-0.2, -0.15) is 0 Å². The van der Waals surface area contributed by atoms with E-state index in [1.54, 1.807) is 6.08 Å². The number of aliphatic hydroxyl groups is 7. The number of piperidine rings is 1. The van der Waals surface area contributed by atoms with E-state index in [9.17, 15) is 50.4 Å². The number of rotatable bonds is 11. The van der Waals surface area contributed by atoms with Crippen LogP contribution >= 0.6 is 0 Å². The minimum atomic E-state index is -3.14. The molecule has 0 aromatic carbocycles. The number of quaternary nitrogens is 1. The van der Waals surface area contributed by atoms with Crippen molar-refractivity contribution in [1.29, 1.82) is 0 Å². The molecule has 0 radical (unpaired) electrons. The molecule has 3 heterocycles. The topological polar surface area (TPSA) is 240 Å². The lowest BCUT2D eigenvalue weighted by Gasteiger charge is -2.47. The lowest BCUT2D eigenvalue weighted by molar-refractivity contribution is -0.911. The maximum absolute atomic E-state index is 13.5. The van der Waals surface area contributed by atoms with Gasteiger partial charge in [0, 0.05) is 11.8 Å². The molecule has 8 N–H and O–H groups in total. The van der Waals surface area contributed by atoms with Gasteiger partial charge in [-0.3, -0.25) is 0 Å². The average Bonchev–Trinajstić information content (AvgIpc) is 3.01. The van der Waals surface area contributed by atoms with Crippen LogP contribution in [0.15, 0.2) is 36.6 Å². The number of nitrogens with one attached hydrogen (secondary N) is 1. The summed E-state index contributed by atoms with van der Waals surface area (Å²) < 4.78 is 22.4. The number of aliphatic carboxylic acids is 1. The van der Waals surface area contributed by atoms with Crippen molar-refractivity contribution < 1.29 is 74.3 Å². The number of likely N-dealkylation sites (tertiary alicyclic amines) is 1. The van der Waals surface area contributed by atoms with Gasteiger partial charge >= 0.3 is 5.97 Å². The number of hydrogen-bond donors (Lipinski definition) is 8. The monoisotopic (exact) mass is 643 g/mol. The molecule has 0 bridgehead atoms. The SMILES string of the molecule is C=CC1C(OC2OC(CO)C(O)C(O)(O)C2O)OC=C(C(=O)OC2CCCCC2)C1(O)C=CC1CC(C(=O)[O-])C[NH+](CCO)C1. The Morgan fingerprint density at radius 1 is 1.09 bits per heavy atom. The first-order valence-electron chi connectivity index (χ1n) is 15.3. The fraction of sp³-hybridized carbons (Fsp3) is 0.733. The fourth-order valence-electron chi connectivity index (χ4n) is 6.58. The molecule has 2 saturated heterocycles. The molecule has 0 aromatic rings. The maximum Gasteiger partial charge on any atom is 0.340 e. The van der Waals surface area contributed by atoms with E-state index in [2.05, 4.69) is 6.58 Å². The Bertz CT molecular complexity index is 1110. The van der Waals surface area contributed by atoms with E-state index < -0.39 is 78.6 Å². The Morgan fingerprint density at radius 3 is 2.42 bits per heavy atom. The number of hydrogen-bond acceptors (Lipinski definition) is 14. The van der Waals surface area contributed by atoms with Gasteiger partial charge < -0.3 is 69.5 Å². The lowest BCUT2D eigenvalue weighted by atomic mass is 9.77. The zero-order valence-electron chi connectivity index (χ0n) is 25.0. The van der Waals surface area contributed by atoms with Gasteiger partial charge in [0.1, 0.15) is 42.3 Å². The van der Waals surface area contributed by atoms with E-state index in [1.807, 2.05) is 0 Å². The second-order valence-electron chi connectivity index (χ2n) is 12.3. The number of esters is 1. The van der Waals surface area contributed by atoms with E-state index in [1.165, 1.54) is 12.2 Å². The van der Waals surface area contributed by atoms with Crippen LogP contribution in [0.5, 0.6) is 0 Å². The first kappa shape index (κ1) is 35.4. The van der Waals surface area contributed by atoms with Crippen LogP contribution in [0, 0.1) is 17.8 Å². The van der Waals surface area contributed by atoms with Crippen LogP contribution in [0.3, 0.4) is 0 Å². The number of carbonyl (C=O) groups is 2. The molecule has 4 aliphatic rings. The number of ether oxygens (including phenoxy) is 4. The predicted molar refractivity (Wildman–Crippen MR) is 149 cm³/mol. The lowest BCUT2D eigenvalue weighted by Crippen LogP contribution is -3.15. The van der Waals surface area contributed by atoms with Crippen LogP contribution in [-0.4, -0.2) is 129 Å². The normalized spacial score (nSPS) is 39.1. The van der Waals surface area contributed by atoms with Crippen LogP contribution in [0.4, 0.5) is 0 Å². The van der Waals surface area contributed by atoms with E-state index in [-0.39, 0.29) is 31.2 Å². The summed E-state index contributed by atoms with van der Waals surface area (Å²) in [4.78, 5) is 26.0. The van der Waals surface area contributed by atoms with Gasteiger partial charge in [0.25, 0.3) is 0 Å². The molecule has 15 nitrogen and oxygen atoms in total. The Morgan fingerprint density at radius 2 is 1.80 bits per heavy atom. The van der Waals surface area contributed by atoms with E-state index in [0.717, 1.165) is 30.4 Å². The summed E-state index contributed by atoms with van der Waals surface area (Å²) in [6, 6.07) is 0. The Kier molecular flexibility index (Phi) is 11.8. The molecule has 10 atom stereocenters. The molecule has 4 rings (SSSR count). The van der Waals surface area contributed by atoms with Crippen molar-refractivity contribution in [2.75, 3.05) is 32.8 Å². The molecule has 45 heavy (non-hydrogen) atoms. The molecular weight excluding hydrogens is 598 g/mol. The van der Waals surface area contributed by atoms with Crippen LogP contribution in [-0.2, 0) is 28.5 Å². The summed E-state index contributed by atoms with van der Waals surface area (Å²) >= 11 is 0. The minimum absolute atomic E-state index is 0.156. The van der Waals surface area contributed by atoms with Crippen molar-refractivity contribution >= 4 is 11.9 Å². The molecule has 0 amide bonds. The molecule has 0 spiro atoms. The summed E-state index contributed by atoms with van der Waals surface area (Å²) in [6.45, 7) is 3.74. The highest BCUT2D eigenvalue weighted by molar-refractivity contribution is 5.91. The highest BCUT2D eigenvalue weighted by Gasteiger charge is 2.57. The summed E-state index contributed by atoms with van der Waals surface area (Å²) in [7, 11) is 0. The zero-order valence-corrected chi connectivity index (χ0v) is 25.0. The van der Waals surface area contributed by atoms with E-state index >= 15 is 0 Å². The predicted octanol–water partition coefficient (Wildman–Crippen LogP) is -4.41. The minimum Gasteiger partial charge on any atom is -0.550 e. The molecule has 254 valence electrons. The molecule has 0 aromatic heterocycles. The Labute approximate surface area is 260 Å². The number of carboxylic acid groups (broad SMARTS) is 1. The van der Waals surface area contributed by atoms with Crippen LogP contribution in [0.2, 0.25) is 0 Å². The summed E-state index contributed by atoms with van der Waals surface area (Å²) in [5.41, 5.74) is -2.51. The maximum atomic E-state index is 13.5. The summed E-state index contributed by atoms with van der Waals surface area (Å²) in [6.07, 6.45) is -0.422. The van der Waals surface area contributed by atoms with Gasteiger partial charge in [-0.05, 0) is 32.1 Å². The van der Waals surface area contributed by atoms with E-state index in [4.69, 9.17) is 18.9 Å². The number of carboxylic acids is 1. The average molecular weight is 644 g/mol. The Balaban J connectivity index is 1.65. The first-order valence-corrected chi connectivity index (χ1v) is 15.3. The van der Waals surface area contributed by atoms with Crippen molar-refractivity contribution in [1.82, 2.24) is 0 Å². The summed E-state index contributed by atoms with van der Waals surface area (Å²) in [5.74, 6) is -7.76. The molecule has 1 aliphatic carbocycles. The second-order valence-corrected chi connectivity index (χ2v) is 12.3. The zero-order chi connectivity index (χ0) is 32.9. The third-order valence-electron chi connectivity index (χ3n) is 9.18. The van der Waals surface area contributed by atoms with Crippen molar-refractivity contribution in [2.24, 2.45) is 17.8 Å². The highest BCUT2D eigenvalue weighted by atomic mass is 16.8. The molecule has 3 aliphatic heterocycles. The van der Waals surface area contributed by atoms with E-state index in [0.29, 0.717) is 25.9 Å². The van der Waals surface area contributed by atoms with Crippen LogP contribution in [0.25, 0.3) is 0 Å². The number of carbonyl (C=O) groups excluding carboxylic acids is 2. The van der Waals surface area contributed by atoms with Gasteiger partial charge in [0.15, 0.2) is 12.4 Å². The van der Waals surface area contributed by atoms with Gasteiger partial charge in [-0.25, -0.2) is 4.79 Å². The number of aliphatic hydroxyl groups excluding tert-OH is 4. The highest BCUT2D eigenvalue weighted by Crippen LogP contribution is 2.41.